The van der Waals surface area contributed by atoms with Gasteiger partial charge in [0.1, 0.15) is 0 Å². The van der Waals surface area contributed by atoms with Crippen LogP contribution in [-0.4, -0.2) is 0 Å². The van der Waals surface area contributed by atoms with Crippen LogP contribution in [0, 0.1) is 5.92 Å². The van der Waals surface area contributed by atoms with Gasteiger partial charge in [-0.2, -0.15) is 0 Å². The minimum absolute atomic E-state index is 0.759. The molecule has 1 aromatic carbocycles. The summed E-state index contributed by atoms with van der Waals surface area (Å²) in [6, 6.07) is 8.88. The maximum Gasteiger partial charge on any atom is -0.0162 e. The maximum absolute atomic E-state index is 2.36. The van der Waals surface area contributed by atoms with Gasteiger partial charge in [0, 0.05) is 0 Å². The molecule has 0 bridgehead atoms. The molecule has 2 rings (SSSR count). The Morgan fingerprint density at radius 1 is 0.938 bits per heavy atom. The maximum atomic E-state index is 2.36. The van der Waals surface area contributed by atoms with Gasteiger partial charge in [0.2, 0.25) is 0 Å². The van der Waals surface area contributed by atoms with E-state index in [-0.39, 0.29) is 0 Å². The van der Waals surface area contributed by atoms with Crippen LogP contribution in [0.3, 0.4) is 0 Å². The molecule has 0 saturated carbocycles. The average Bonchev–Trinajstić information content (AvgIpc) is 2.39. The minimum Gasteiger partial charge on any atom is -0.0683 e. The Hall–Kier alpha value is -0.780. The van der Waals surface area contributed by atoms with E-state index in [0.717, 1.165) is 11.8 Å². The molecule has 0 fully saturated rings. The SMILES string of the molecule is CC.CC.CC1CCc2ccccc2C1C. The first-order chi connectivity index (χ1) is 7.79. The number of benzene rings is 1. The van der Waals surface area contributed by atoms with E-state index in [9.17, 15) is 0 Å². The van der Waals surface area contributed by atoms with Crippen LogP contribution in [0.1, 0.15) is 65.0 Å². The van der Waals surface area contributed by atoms with Crippen molar-refractivity contribution >= 4 is 0 Å². The Morgan fingerprint density at radius 3 is 2.12 bits per heavy atom. The highest BCUT2D eigenvalue weighted by molar-refractivity contribution is 5.32. The van der Waals surface area contributed by atoms with Crippen molar-refractivity contribution in [3.8, 4) is 0 Å². The van der Waals surface area contributed by atoms with E-state index < -0.39 is 0 Å². The summed E-state index contributed by atoms with van der Waals surface area (Å²) in [7, 11) is 0. The Morgan fingerprint density at radius 2 is 1.50 bits per heavy atom. The summed E-state index contributed by atoms with van der Waals surface area (Å²) in [5.74, 6) is 1.62. The van der Waals surface area contributed by atoms with Gasteiger partial charge in [-0.1, -0.05) is 65.8 Å². The summed E-state index contributed by atoms with van der Waals surface area (Å²) >= 11 is 0. The lowest BCUT2D eigenvalue weighted by Gasteiger charge is -2.28. The van der Waals surface area contributed by atoms with Gasteiger partial charge in [-0.25, -0.2) is 0 Å². The summed E-state index contributed by atoms with van der Waals surface area (Å²) in [6.45, 7) is 12.7. The summed E-state index contributed by atoms with van der Waals surface area (Å²) in [6.07, 6.45) is 2.64. The predicted molar refractivity (Wildman–Crippen MR) is 75.0 cm³/mol. The van der Waals surface area contributed by atoms with Gasteiger partial charge in [0.25, 0.3) is 0 Å². The van der Waals surface area contributed by atoms with E-state index in [1.165, 1.54) is 12.8 Å². The molecule has 0 spiro atoms. The zero-order valence-electron chi connectivity index (χ0n) is 11.9. The van der Waals surface area contributed by atoms with E-state index in [1.54, 1.807) is 11.1 Å². The standard InChI is InChI=1S/C12H16.2C2H6/c1-9-7-8-11-5-3-4-6-12(11)10(9)2;2*1-2/h3-6,9-10H,7-8H2,1-2H3;2*1-2H3. The zero-order valence-corrected chi connectivity index (χ0v) is 11.9. The Bertz CT molecular complexity index is 275. The fraction of sp³-hybridized carbons (Fsp3) is 0.625. The summed E-state index contributed by atoms with van der Waals surface area (Å²) in [5.41, 5.74) is 3.15. The van der Waals surface area contributed by atoms with Crippen LogP contribution >= 0.6 is 0 Å². The molecule has 0 aromatic heterocycles. The third-order valence-electron chi connectivity index (χ3n) is 3.27. The number of hydrogen-bond acceptors (Lipinski definition) is 0. The van der Waals surface area contributed by atoms with Crippen molar-refractivity contribution in [1.29, 1.82) is 0 Å². The average molecular weight is 220 g/mol. The van der Waals surface area contributed by atoms with E-state index >= 15 is 0 Å². The molecule has 2 unspecified atom stereocenters. The molecule has 0 amide bonds. The lowest BCUT2D eigenvalue weighted by Crippen LogP contribution is -2.15. The van der Waals surface area contributed by atoms with Gasteiger partial charge in [0.05, 0.1) is 0 Å². The van der Waals surface area contributed by atoms with Crippen molar-refractivity contribution in [1.82, 2.24) is 0 Å². The van der Waals surface area contributed by atoms with Crippen molar-refractivity contribution in [3.05, 3.63) is 35.4 Å². The minimum atomic E-state index is 0.759. The monoisotopic (exact) mass is 220 g/mol. The summed E-state index contributed by atoms with van der Waals surface area (Å²) in [4.78, 5) is 0. The highest BCUT2D eigenvalue weighted by Crippen LogP contribution is 2.34. The van der Waals surface area contributed by atoms with Crippen LogP contribution in [0.5, 0.6) is 0 Å². The van der Waals surface area contributed by atoms with E-state index in [2.05, 4.69) is 38.1 Å². The molecule has 0 aliphatic heterocycles. The smallest absolute Gasteiger partial charge is 0.0162 e. The number of aryl methyl sites for hydroxylation is 1. The largest absolute Gasteiger partial charge is 0.0683 e. The zero-order chi connectivity index (χ0) is 12.6. The molecule has 0 nitrogen and oxygen atoms in total. The number of fused-ring (bicyclic) bond motifs is 1. The lowest BCUT2D eigenvalue weighted by atomic mass is 9.77. The molecule has 0 N–H and O–H groups in total. The van der Waals surface area contributed by atoms with Crippen LogP contribution in [0.2, 0.25) is 0 Å². The van der Waals surface area contributed by atoms with Crippen molar-refractivity contribution in [2.24, 2.45) is 5.92 Å². The van der Waals surface area contributed by atoms with Crippen LogP contribution < -0.4 is 0 Å². The Labute approximate surface area is 102 Å². The molecular weight excluding hydrogens is 192 g/mol. The van der Waals surface area contributed by atoms with Crippen molar-refractivity contribution < 1.29 is 0 Å². The van der Waals surface area contributed by atoms with Gasteiger partial charge in [-0.3, -0.25) is 0 Å². The van der Waals surface area contributed by atoms with Gasteiger partial charge in [-0.15, -0.1) is 0 Å². The first kappa shape index (κ1) is 15.2. The molecule has 0 heteroatoms. The first-order valence-corrected chi connectivity index (χ1v) is 6.87. The highest BCUT2D eigenvalue weighted by Gasteiger charge is 2.21. The topological polar surface area (TPSA) is 0 Å². The molecule has 1 aliphatic carbocycles. The Balaban J connectivity index is 0.000000509. The van der Waals surface area contributed by atoms with Gasteiger partial charge >= 0.3 is 0 Å². The molecule has 16 heavy (non-hydrogen) atoms. The Kier molecular flexibility index (Phi) is 7.97. The third-order valence-corrected chi connectivity index (χ3v) is 3.27. The predicted octanol–water partition coefficient (Wildman–Crippen LogP) is 5.42. The van der Waals surface area contributed by atoms with Crippen molar-refractivity contribution in [2.45, 2.75) is 60.3 Å². The molecule has 0 saturated heterocycles. The number of hydrogen-bond donors (Lipinski definition) is 0. The van der Waals surface area contributed by atoms with E-state index in [0.29, 0.717) is 0 Å². The second-order valence-corrected chi connectivity index (χ2v) is 4.00. The summed E-state index contributed by atoms with van der Waals surface area (Å²) < 4.78 is 0. The fourth-order valence-corrected chi connectivity index (χ4v) is 2.15. The molecule has 0 radical (unpaired) electrons. The van der Waals surface area contributed by atoms with Crippen molar-refractivity contribution in [3.63, 3.8) is 0 Å². The second-order valence-electron chi connectivity index (χ2n) is 4.00. The third kappa shape index (κ3) is 3.66. The molecular formula is C16H28. The molecule has 1 aromatic rings. The van der Waals surface area contributed by atoms with E-state index in [1.807, 2.05) is 27.7 Å². The molecule has 2 atom stereocenters. The first-order valence-electron chi connectivity index (χ1n) is 6.87. The molecule has 0 heterocycles. The highest BCUT2D eigenvalue weighted by atomic mass is 14.3. The van der Waals surface area contributed by atoms with Crippen molar-refractivity contribution in [2.75, 3.05) is 0 Å². The fourth-order valence-electron chi connectivity index (χ4n) is 2.15. The van der Waals surface area contributed by atoms with Gasteiger partial charge in [0.15, 0.2) is 0 Å². The van der Waals surface area contributed by atoms with Gasteiger partial charge < -0.3 is 0 Å². The number of rotatable bonds is 0. The van der Waals surface area contributed by atoms with Gasteiger partial charge in [-0.05, 0) is 35.8 Å². The lowest BCUT2D eigenvalue weighted by molar-refractivity contribution is 0.426. The normalized spacial score (nSPS) is 21.9. The van der Waals surface area contributed by atoms with Crippen LogP contribution in [0.15, 0.2) is 24.3 Å². The van der Waals surface area contributed by atoms with Crippen LogP contribution in [0.25, 0.3) is 0 Å². The van der Waals surface area contributed by atoms with Crippen LogP contribution in [-0.2, 0) is 6.42 Å². The quantitative estimate of drug-likeness (QED) is 0.547. The molecule has 92 valence electrons. The van der Waals surface area contributed by atoms with Crippen LogP contribution in [0.4, 0.5) is 0 Å². The van der Waals surface area contributed by atoms with E-state index in [4.69, 9.17) is 0 Å². The summed E-state index contributed by atoms with van der Waals surface area (Å²) in [5, 5.41) is 0. The molecule has 1 aliphatic rings. The second kappa shape index (κ2) is 8.38.